The second kappa shape index (κ2) is 8.22. The minimum Gasteiger partial charge on any atom is -0.408 e. The van der Waals surface area contributed by atoms with Crippen LogP contribution < -0.4 is 0 Å². The molecule has 2 heterocycles. The van der Waals surface area contributed by atoms with Gasteiger partial charge in [0.2, 0.25) is 0 Å². The summed E-state index contributed by atoms with van der Waals surface area (Å²) in [5.41, 5.74) is 0.982. The van der Waals surface area contributed by atoms with Crippen molar-refractivity contribution in [2.24, 2.45) is 7.05 Å². The number of hydroxylamine groups is 2. The lowest BCUT2D eigenvalue weighted by Gasteiger charge is -2.38. The Morgan fingerprint density at radius 1 is 1.52 bits per heavy atom. The fraction of sp³-hybridized carbons (Fsp3) is 0.632. The van der Waals surface area contributed by atoms with Gasteiger partial charge in [-0.2, -0.15) is 10.2 Å². The molecule has 3 atom stereocenters. The van der Waals surface area contributed by atoms with Gasteiger partial charge in [-0.15, -0.1) is 6.58 Å². The van der Waals surface area contributed by atoms with Crippen LogP contribution in [0, 0.1) is 0 Å². The number of rotatable bonds is 7. The molecule has 2 rings (SSSR count). The SMILES string of the molecule is C=CCON1C[C@H](O[Si](C)(C)C(C)(C)C)C(=C=O)[C@H]1C(O)c1cnn(C)c1. The first-order chi connectivity index (χ1) is 12.5. The first kappa shape index (κ1) is 21.8. The third kappa shape index (κ3) is 4.66. The highest BCUT2D eigenvalue weighted by Gasteiger charge is 2.48. The van der Waals surface area contributed by atoms with Gasteiger partial charge in [-0.3, -0.25) is 9.52 Å². The summed E-state index contributed by atoms with van der Waals surface area (Å²) >= 11 is 0. The second-order valence-electron chi connectivity index (χ2n) is 8.45. The van der Waals surface area contributed by atoms with E-state index in [1.54, 1.807) is 35.3 Å². The van der Waals surface area contributed by atoms with Gasteiger partial charge in [-0.1, -0.05) is 26.8 Å². The molecule has 1 saturated heterocycles. The molecule has 1 aliphatic rings. The van der Waals surface area contributed by atoms with Gasteiger partial charge in [0, 0.05) is 18.8 Å². The van der Waals surface area contributed by atoms with Gasteiger partial charge in [0.1, 0.15) is 12.0 Å². The van der Waals surface area contributed by atoms with Crippen LogP contribution in [-0.2, 0) is 21.1 Å². The van der Waals surface area contributed by atoms with Crippen LogP contribution in [0.25, 0.3) is 0 Å². The Bertz CT molecular complexity index is 719. The molecule has 1 aromatic heterocycles. The smallest absolute Gasteiger partial charge is 0.192 e. The maximum atomic E-state index is 11.9. The Kier molecular flexibility index (Phi) is 6.62. The van der Waals surface area contributed by atoms with E-state index in [4.69, 9.17) is 9.26 Å². The maximum Gasteiger partial charge on any atom is 0.192 e. The highest BCUT2D eigenvalue weighted by atomic mass is 28.4. The van der Waals surface area contributed by atoms with Crippen molar-refractivity contribution in [3.63, 3.8) is 0 Å². The number of aromatic nitrogens is 2. The minimum absolute atomic E-state index is 0.00610. The Morgan fingerprint density at radius 3 is 2.67 bits per heavy atom. The predicted octanol–water partition coefficient (Wildman–Crippen LogP) is 2.40. The topological polar surface area (TPSA) is 76.8 Å². The van der Waals surface area contributed by atoms with E-state index in [1.165, 1.54) is 0 Å². The van der Waals surface area contributed by atoms with Crippen LogP contribution in [0.3, 0.4) is 0 Å². The molecule has 0 bridgehead atoms. The van der Waals surface area contributed by atoms with E-state index in [-0.39, 0.29) is 11.6 Å². The molecular formula is C19H31N3O4Si. The summed E-state index contributed by atoms with van der Waals surface area (Å²) in [6.45, 7) is 15.0. The molecule has 0 saturated carbocycles. The highest BCUT2D eigenvalue weighted by Crippen LogP contribution is 2.41. The van der Waals surface area contributed by atoms with Gasteiger partial charge >= 0.3 is 0 Å². The van der Waals surface area contributed by atoms with Gasteiger partial charge in [0.15, 0.2) is 8.32 Å². The largest absolute Gasteiger partial charge is 0.408 e. The first-order valence-corrected chi connectivity index (χ1v) is 12.0. The standard InChI is InChI=1S/C19H31N3O4Si/c1-8-9-25-22-12-16(26-27(6,7)19(2,3)4)15(13-23)17(22)18(24)14-10-20-21(5)11-14/h8,10-11,16-18,24H,1,9,12H2,2-7H3/t16-,17-,18?/m0/s1. The fourth-order valence-electron chi connectivity index (χ4n) is 2.86. The summed E-state index contributed by atoms with van der Waals surface area (Å²) in [4.78, 5) is 17.6. The lowest BCUT2D eigenvalue weighted by molar-refractivity contribution is -0.176. The number of aryl methyl sites for hydroxylation is 1. The number of nitrogens with zero attached hydrogens (tertiary/aromatic N) is 3. The molecule has 0 aromatic carbocycles. The van der Waals surface area contributed by atoms with Crippen LogP contribution in [0.5, 0.6) is 0 Å². The average Bonchev–Trinajstić information content (AvgIpc) is 3.14. The van der Waals surface area contributed by atoms with Crippen molar-refractivity contribution in [3.8, 4) is 0 Å². The number of hydrogen-bond acceptors (Lipinski definition) is 6. The summed E-state index contributed by atoms with van der Waals surface area (Å²) in [6.07, 6.45) is 3.49. The molecule has 1 fully saturated rings. The molecule has 1 aromatic rings. The van der Waals surface area contributed by atoms with Crippen molar-refractivity contribution in [1.29, 1.82) is 0 Å². The van der Waals surface area contributed by atoms with Crippen LogP contribution in [0.15, 0.2) is 30.6 Å². The summed E-state index contributed by atoms with van der Waals surface area (Å²) in [7, 11) is -0.354. The molecule has 1 aliphatic heterocycles. The zero-order chi connectivity index (χ0) is 20.4. The van der Waals surface area contributed by atoms with Crippen LogP contribution in [0.2, 0.25) is 18.1 Å². The van der Waals surface area contributed by atoms with Gasteiger partial charge in [0.05, 0.1) is 37.1 Å². The molecule has 0 radical (unpaired) electrons. The summed E-state index contributed by atoms with van der Waals surface area (Å²) < 4.78 is 8.07. The quantitative estimate of drug-likeness (QED) is 0.435. The molecule has 0 spiro atoms. The molecule has 1 unspecified atom stereocenters. The minimum atomic E-state index is -2.13. The Hall–Kier alpha value is -1.54. The van der Waals surface area contributed by atoms with E-state index < -0.39 is 26.6 Å². The van der Waals surface area contributed by atoms with Crippen molar-refractivity contribution in [2.45, 2.75) is 57.2 Å². The van der Waals surface area contributed by atoms with Crippen LogP contribution in [0.4, 0.5) is 0 Å². The van der Waals surface area contributed by atoms with Crippen LogP contribution in [-0.4, -0.2) is 59.5 Å². The Balaban J connectivity index is 2.34. The lowest BCUT2D eigenvalue weighted by atomic mass is 9.99. The van der Waals surface area contributed by atoms with E-state index in [2.05, 4.69) is 45.5 Å². The van der Waals surface area contributed by atoms with Gasteiger partial charge < -0.3 is 9.53 Å². The van der Waals surface area contributed by atoms with Crippen molar-refractivity contribution in [2.75, 3.05) is 13.2 Å². The second-order valence-corrected chi connectivity index (χ2v) is 13.2. The summed E-state index contributed by atoms with van der Waals surface area (Å²) in [5.74, 6) is 2.03. The monoisotopic (exact) mass is 393 g/mol. The van der Waals surface area contributed by atoms with Gasteiger partial charge in [-0.05, 0) is 18.1 Å². The molecule has 8 heteroatoms. The number of aliphatic hydroxyl groups excluding tert-OH is 1. The van der Waals surface area contributed by atoms with E-state index in [1.807, 2.05) is 5.94 Å². The van der Waals surface area contributed by atoms with Crippen LogP contribution >= 0.6 is 0 Å². The fourth-order valence-corrected chi connectivity index (χ4v) is 4.13. The van der Waals surface area contributed by atoms with E-state index in [0.29, 0.717) is 17.7 Å². The van der Waals surface area contributed by atoms with Crippen molar-refractivity contribution < 1.29 is 19.2 Å². The number of carbonyl (C=O) groups excluding carboxylic acids is 1. The van der Waals surface area contributed by atoms with Crippen LogP contribution in [0.1, 0.15) is 32.4 Å². The molecule has 0 aliphatic carbocycles. The molecule has 1 N–H and O–H groups in total. The Morgan fingerprint density at radius 2 is 2.19 bits per heavy atom. The normalized spacial score (nSPS) is 22.7. The lowest BCUT2D eigenvalue weighted by Crippen LogP contribution is -2.45. The highest BCUT2D eigenvalue weighted by molar-refractivity contribution is 6.74. The van der Waals surface area contributed by atoms with Crippen molar-refractivity contribution in [3.05, 3.63) is 36.2 Å². The number of aliphatic hydroxyl groups is 1. The maximum absolute atomic E-state index is 11.9. The molecule has 150 valence electrons. The Labute approximate surface area is 162 Å². The van der Waals surface area contributed by atoms with Gasteiger partial charge in [-0.25, -0.2) is 4.79 Å². The molecule has 0 amide bonds. The predicted molar refractivity (Wildman–Crippen MR) is 106 cm³/mol. The van der Waals surface area contributed by atoms with E-state index in [0.717, 1.165) is 0 Å². The molecule has 27 heavy (non-hydrogen) atoms. The van der Waals surface area contributed by atoms with Gasteiger partial charge in [0.25, 0.3) is 0 Å². The molecular weight excluding hydrogens is 362 g/mol. The zero-order valence-corrected chi connectivity index (χ0v) is 18.1. The first-order valence-electron chi connectivity index (χ1n) is 9.11. The van der Waals surface area contributed by atoms with Crippen molar-refractivity contribution in [1.82, 2.24) is 14.8 Å². The van der Waals surface area contributed by atoms with E-state index in [9.17, 15) is 9.90 Å². The zero-order valence-electron chi connectivity index (χ0n) is 17.1. The third-order valence-corrected chi connectivity index (χ3v) is 9.89. The summed E-state index contributed by atoms with van der Waals surface area (Å²) in [6, 6.07) is -0.679. The van der Waals surface area contributed by atoms with Crippen molar-refractivity contribution >= 4 is 14.3 Å². The number of hydrogen-bond donors (Lipinski definition) is 1. The van der Waals surface area contributed by atoms with E-state index >= 15 is 0 Å². The summed E-state index contributed by atoms with van der Waals surface area (Å²) in [5, 5.41) is 16.6. The molecule has 7 nitrogen and oxygen atoms in total. The average molecular weight is 394 g/mol. The third-order valence-electron chi connectivity index (χ3n) is 5.41.